The van der Waals surface area contributed by atoms with Crippen LogP contribution >= 0.6 is 0 Å². The molecule has 1 atom stereocenters. The highest BCUT2D eigenvalue weighted by Gasteiger charge is 2.66. The molecule has 2 aliphatic heterocycles. The third-order valence-corrected chi connectivity index (χ3v) is 6.62. The van der Waals surface area contributed by atoms with Gasteiger partial charge in [-0.05, 0) is 11.6 Å². The van der Waals surface area contributed by atoms with Gasteiger partial charge in [0.1, 0.15) is 6.04 Å². The van der Waals surface area contributed by atoms with Crippen LogP contribution in [-0.2, 0) is 21.5 Å². The Balaban J connectivity index is 1.73. The van der Waals surface area contributed by atoms with E-state index in [1.165, 1.54) is 9.80 Å². The van der Waals surface area contributed by atoms with Crippen molar-refractivity contribution in [1.29, 1.82) is 0 Å². The number of nitrogens with zero attached hydrogens (tertiary/aromatic N) is 2. The van der Waals surface area contributed by atoms with Crippen LogP contribution in [-0.4, -0.2) is 57.8 Å². The molecule has 1 saturated heterocycles. The number of rotatable bonds is 0. The Kier molecular flexibility index (Phi) is 3.11. The van der Waals surface area contributed by atoms with Crippen molar-refractivity contribution < 1.29 is 19.2 Å². The summed E-state index contributed by atoms with van der Waals surface area (Å²) in [4.78, 5) is 59.9. The molecule has 1 spiro atoms. The lowest BCUT2D eigenvalue weighted by atomic mass is 9.76. The Morgan fingerprint density at radius 1 is 0.933 bits per heavy atom. The summed E-state index contributed by atoms with van der Waals surface area (Å²) in [5.41, 5.74) is 0.634. The number of fused-ring (bicyclic) bond motifs is 7. The van der Waals surface area contributed by atoms with Crippen LogP contribution in [0.15, 0.2) is 48.5 Å². The molecule has 2 amide bonds. The van der Waals surface area contributed by atoms with Crippen molar-refractivity contribution in [1.82, 2.24) is 14.8 Å². The number of hydrogen-bond acceptors (Lipinski definition) is 4. The van der Waals surface area contributed by atoms with Crippen molar-refractivity contribution in [3.8, 4) is 0 Å². The molecule has 1 aliphatic carbocycles. The van der Waals surface area contributed by atoms with Crippen LogP contribution in [0.1, 0.15) is 32.0 Å². The number of carbonyl (C=O) groups excluding carboxylic acids is 4. The minimum Gasteiger partial charge on any atom is -0.355 e. The summed E-state index contributed by atoms with van der Waals surface area (Å²) in [6.07, 6.45) is 0.257. The predicted molar refractivity (Wildman–Crippen MR) is 107 cm³/mol. The number of likely N-dealkylation sites (N-methyl/N-ethyl adjacent to an activating group) is 1. The van der Waals surface area contributed by atoms with E-state index in [4.69, 9.17) is 0 Å². The number of amides is 2. The minimum atomic E-state index is -1.87. The molecular formula is C23H17N3O4. The van der Waals surface area contributed by atoms with Gasteiger partial charge in [-0.15, -0.1) is 0 Å². The highest BCUT2D eigenvalue weighted by Crippen LogP contribution is 2.49. The van der Waals surface area contributed by atoms with Crippen LogP contribution in [0.25, 0.3) is 10.9 Å². The Labute approximate surface area is 171 Å². The molecular weight excluding hydrogens is 382 g/mol. The second kappa shape index (κ2) is 5.44. The number of aromatic nitrogens is 1. The second-order valence-corrected chi connectivity index (χ2v) is 8.12. The maximum absolute atomic E-state index is 13.9. The van der Waals surface area contributed by atoms with Crippen molar-refractivity contribution in [3.05, 3.63) is 70.9 Å². The van der Waals surface area contributed by atoms with E-state index in [9.17, 15) is 19.2 Å². The Hall–Kier alpha value is -3.74. The number of piperazine rings is 1. The molecule has 1 fully saturated rings. The fourth-order valence-corrected chi connectivity index (χ4v) is 5.35. The molecule has 30 heavy (non-hydrogen) atoms. The van der Waals surface area contributed by atoms with Crippen LogP contribution < -0.4 is 0 Å². The lowest BCUT2D eigenvalue weighted by Gasteiger charge is -2.49. The Morgan fingerprint density at radius 2 is 1.57 bits per heavy atom. The van der Waals surface area contributed by atoms with Gasteiger partial charge in [-0.25, -0.2) is 0 Å². The Bertz CT molecular complexity index is 1290. The Morgan fingerprint density at radius 3 is 2.27 bits per heavy atom. The van der Waals surface area contributed by atoms with Crippen molar-refractivity contribution in [2.75, 3.05) is 13.6 Å². The molecule has 7 nitrogen and oxygen atoms in total. The number of para-hydroxylation sites is 1. The summed E-state index contributed by atoms with van der Waals surface area (Å²) in [7, 11) is 1.57. The minimum absolute atomic E-state index is 0.163. The van der Waals surface area contributed by atoms with Gasteiger partial charge in [-0.2, -0.15) is 0 Å². The van der Waals surface area contributed by atoms with Crippen LogP contribution in [0.2, 0.25) is 0 Å². The van der Waals surface area contributed by atoms with Crippen molar-refractivity contribution in [3.63, 3.8) is 0 Å². The molecule has 1 N–H and O–H groups in total. The summed E-state index contributed by atoms with van der Waals surface area (Å²) in [5, 5.41) is 0.858. The van der Waals surface area contributed by atoms with Crippen LogP contribution in [0.3, 0.4) is 0 Å². The van der Waals surface area contributed by atoms with Gasteiger partial charge in [0.05, 0.1) is 12.2 Å². The smallest absolute Gasteiger partial charge is 0.245 e. The van der Waals surface area contributed by atoms with Crippen molar-refractivity contribution >= 4 is 34.3 Å². The summed E-state index contributed by atoms with van der Waals surface area (Å²) in [6.45, 7) is -0.163. The van der Waals surface area contributed by atoms with Gasteiger partial charge in [0, 0.05) is 35.5 Å². The fraction of sp³-hybridized carbons (Fsp3) is 0.217. The van der Waals surface area contributed by atoms with Gasteiger partial charge in [-0.1, -0.05) is 42.5 Å². The number of aromatic amines is 1. The number of hydrogen-bond donors (Lipinski definition) is 1. The number of benzene rings is 2. The highest BCUT2D eigenvalue weighted by atomic mass is 16.2. The van der Waals surface area contributed by atoms with E-state index < -0.39 is 29.1 Å². The molecule has 1 unspecified atom stereocenters. The molecule has 1 aromatic heterocycles. The number of H-pyrrole nitrogens is 1. The number of ketones is 2. The number of nitrogens with one attached hydrogen (secondary N) is 1. The molecule has 2 aromatic carbocycles. The van der Waals surface area contributed by atoms with E-state index in [1.807, 2.05) is 24.3 Å². The standard InChI is InChI=1S/C23H17N3O4/c1-25-11-18(27)26-17(22(25)30)10-15-12-6-4-5-9-16(12)24-19(15)23(26)20(28)13-7-2-3-8-14(13)21(23)29/h2-9,17,24H,10-11H2,1H3. The first kappa shape index (κ1) is 17.1. The van der Waals surface area contributed by atoms with Crippen LogP contribution in [0.4, 0.5) is 0 Å². The first-order valence-corrected chi connectivity index (χ1v) is 9.82. The maximum Gasteiger partial charge on any atom is 0.245 e. The molecule has 7 heteroatoms. The van der Waals surface area contributed by atoms with E-state index in [-0.39, 0.29) is 30.0 Å². The zero-order valence-corrected chi connectivity index (χ0v) is 16.1. The zero-order valence-electron chi connectivity index (χ0n) is 16.1. The summed E-state index contributed by atoms with van der Waals surface area (Å²) < 4.78 is 0. The normalized spacial score (nSPS) is 22.0. The van der Waals surface area contributed by atoms with Gasteiger partial charge in [0.2, 0.25) is 28.9 Å². The maximum atomic E-state index is 13.9. The SMILES string of the molecule is CN1CC(=O)N2C(Cc3c([nH]c4ccccc34)C23C(=O)c2ccccc2C3=O)C1=O. The van der Waals surface area contributed by atoms with Crippen LogP contribution in [0.5, 0.6) is 0 Å². The average Bonchev–Trinajstić information content (AvgIpc) is 3.23. The largest absolute Gasteiger partial charge is 0.355 e. The number of carbonyl (C=O) groups is 4. The zero-order chi connectivity index (χ0) is 20.8. The molecule has 0 bridgehead atoms. The first-order chi connectivity index (χ1) is 14.5. The fourth-order valence-electron chi connectivity index (χ4n) is 5.35. The number of Topliss-reactive ketones (excluding diaryl/α,β-unsaturated/α-hetero) is 2. The second-order valence-electron chi connectivity index (χ2n) is 8.12. The molecule has 3 heterocycles. The van der Waals surface area contributed by atoms with Gasteiger partial charge in [-0.3, -0.25) is 19.2 Å². The molecule has 0 radical (unpaired) electrons. The van der Waals surface area contributed by atoms with E-state index in [0.29, 0.717) is 5.69 Å². The van der Waals surface area contributed by atoms with E-state index in [1.54, 1.807) is 31.3 Å². The lowest BCUT2D eigenvalue weighted by molar-refractivity contribution is -0.159. The summed E-state index contributed by atoms with van der Waals surface area (Å²) in [6, 6.07) is 13.2. The van der Waals surface area contributed by atoms with Gasteiger partial charge in [0.25, 0.3) is 0 Å². The molecule has 6 rings (SSSR count). The van der Waals surface area contributed by atoms with Gasteiger partial charge in [0.15, 0.2) is 0 Å². The van der Waals surface area contributed by atoms with E-state index in [2.05, 4.69) is 4.98 Å². The lowest BCUT2D eigenvalue weighted by Crippen LogP contribution is -2.71. The predicted octanol–water partition coefficient (Wildman–Crippen LogP) is 1.67. The molecule has 0 saturated carbocycles. The molecule has 3 aliphatic rings. The topological polar surface area (TPSA) is 90.6 Å². The monoisotopic (exact) mass is 399 g/mol. The first-order valence-electron chi connectivity index (χ1n) is 9.82. The van der Waals surface area contributed by atoms with E-state index in [0.717, 1.165) is 16.5 Å². The van der Waals surface area contributed by atoms with Gasteiger partial charge >= 0.3 is 0 Å². The molecule has 3 aromatic rings. The summed E-state index contributed by atoms with van der Waals surface area (Å²) >= 11 is 0. The van der Waals surface area contributed by atoms with E-state index >= 15 is 0 Å². The highest BCUT2D eigenvalue weighted by molar-refractivity contribution is 6.34. The average molecular weight is 399 g/mol. The molecule has 148 valence electrons. The third kappa shape index (κ3) is 1.76. The quantitative estimate of drug-likeness (QED) is 0.582. The van der Waals surface area contributed by atoms with Crippen molar-refractivity contribution in [2.24, 2.45) is 0 Å². The summed E-state index contributed by atoms with van der Waals surface area (Å²) in [5.74, 6) is -1.57. The van der Waals surface area contributed by atoms with Gasteiger partial charge < -0.3 is 14.8 Å². The third-order valence-electron chi connectivity index (χ3n) is 6.62. The van der Waals surface area contributed by atoms with Crippen LogP contribution in [0, 0.1) is 0 Å². The van der Waals surface area contributed by atoms with Crippen molar-refractivity contribution in [2.45, 2.75) is 18.0 Å².